The average molecular weight is 443 g/mol. The number of alkyl halides is 4. The standard InChI is InChI=1S/C15H17F3INO3/c16-15(17,18)23-13-5-3-12(4-6-13)22-10-11-2-1-7-20(9-11)14(21)8-19/h3-6,11H,1-2,7-10H2. The fourth-order valence-electron chi connectivity index (χ4n) is 2.46. The van der Waals surface area contributed by atoms with Crippen molar-refractivity contribution in [3.8, 4) is 11.5 Å². The lowest BCUT2D eigenvalue weighted by atomic mass is 9.99. The number of halogens is 4. The van der Waals surface area contributed by atoms with Crippen LogP contribution in [0.15, 0.2) is 24.3 Å². The van der Waals surface area contributed by atoms with Crippen LogP contribution in [-0.4, -0.2) is 41.3 Å². The van der Waals surface area contributed by atoms with Gasteiger partial charge in [-0.1, -0.05) is 22.6 Å². The predicted octanol–water partition coefficient (Wildman–Crippen LogP) is 3.64. The molecule has 0 saturated carbocycles. The number of hydrogen-bond donors (Lipinski definition) is 0. The van der Waals surface area contributed by atoms with Gasteiger partial charge in [0.2, 0.25) is 5.91 Å². The van der Waals surface area contributed by atoms with Crippen molar-refractivity contribution in [3.63, 3.8) is 0 Å². The van der Waals surface area contributed by atoms with Crippen LogP contribution < -0.4 is 9.47 Å². The summed E-state index contributed by atoms with van der Waals surface area (Å²) < 4.78 is 46.1. The molecular weight excluding hydrogens is 426 g/mol. The molecule has 1 heterocycles. The van der Waals surface area contributed by atoms with Gasteiger partial charge in [0.05, 0.1) is 11.0 Å². The quantitative estimate of drug-likeness (QED) is 0.516. The molecule has 23 heavy (non-hydrogen) atoms. The van der Waals surface area contributed by atoms with Crippen molar-refractivity contribution >= 4 is 28.5 Å². The zero-order valence-corrected chi connectivity index (χ0v) is 14.5. The fraction of sp³-hybridized carbons (Fsp3) is 0.533. The van der Waals surface area contributed by atoms with Gasteiger partial charge in [-0.15, -0.1) is 13.2 Å². The number of piperidine rings is 1. The minimum atomic E-state index is -4.70. The molecule has 0 bridgehead atoms. The highest BCUT2D eigenvalue weighted by Crippen LogP contribution is 2.25. The van der Waals surface area contributed by atoms with Gasteiger partial charge in [-0.25, -0.2) is 0 Å². The lowest BCUT2D eigenvalue weighted by Gasteiger charge is -2.32. The van der Waals surface area contributed by atoms with Crippen molar-refractivity contribution in [1.29, 1.82) is 0 Å². The minimum Gasteiger partial charge on any atom is -0.493 e. The first-order valence-electron chi connectivity index (χ1n) is 7.20. The third kappa shape index (κ3) is 6.08. The van der Waals surface area contributed by atoms with E-state index in [9.17, 15) is 18.0 Å². The second-order valence-electron chi connectivity index (χ2n) is 5.31. The summed E-state index contributed by atoms with van der Waals surface area (Å²) in [5, 5.41) is 0. The molecule has 2 rings (SSSR count). The van der Waals surface area contributed by atoms with Crippen molar-refractivity contribution < 1.29 is 27.4 Å². The maximum atomic E-state index is 12.1. The van der Waals surface area contributed by atoms with Gasteiger partial charge >= 0.3 is 6.36 Å². The summed E-state index contributed by atoms with van der Waals surface area (Å²) in [6.07, 6.45) is -2.78. The van der Waals surface area contributed by atoms with Crippen molar-refractivity contribution in [2.24, 2.45) is 5.92 Å². The molecular formula is C15H17F3INO3. The van der Waals surface area contributed by atoms with Crippen LogP contribution >= 0.6 is 22.6 Å². The van der Waals surface area contributed by atoms with Gasteiger partial charge in [-0.3, -0.25) is 4.79 Å². The molecule has 0 N–H and O–H groups in total. The summed E-state index contributed by atoms with van der Waals surface area (Å²) in [6.45, 7) is 1.88. The Morgan fingerprint density at radius 2 is 1.91 bits per heavy atom. The smallest absolute Gasteiger partial charge is 0.493 e. The van der Waals surface area contributed by atoms with Crippen LogP contribution in [0.1, 0.15) is 12.8 Å². The molecule has 0 radical (unpaired) electrons. The van der Waals surface area contributed by atoms with E-state index >= 15 is 0 Å². The summed E-state index contributed by atoms with van der Waals surface area (Å²) in [7, 11) is 0. The van der Waals surface area contributed by atoms with E-state index in [1.165, 1.54) is 24.3 Å². The number of likely N-dealkylation sites (tertiary alicyclic amines) is 1. The Bertz CT molecular complexity index is 522. The van der Waals surface area contributed by atoms with E-state index in [0.717, 1.165) is 19.4 Å². The number of nitrogens with zero attached hydrogens (tertiary/aromatic N) is 1. The van der Waals surface area contributed by atoms with Crippen LogP contribution in [0.25, 0.3) is 0 Å². The molecule has 1 aliphatic rings. The van der Waals surface area contributed by atoms with Gasteiger partial charge in [-0.2, -0.15) is 0 Å². The van der Waals surface area contributed by atoms with Crippen molar-refractivity contribution in [2.45, 2.75) is 19.2 Å². The second kappa shape index (κ2) is 8.07. The zero-order chi connectivity index (χ0) is 16.9. The number of carbonyl (C=O) groups excluding carboxylic acids is 1. The van der Waals surface area contributed by atoms with E-state index in [0.29, 0.717) is 23.3 Å². The van der Waals surface area contributed by atoms with E-state index < -0.39 is 6.36 Å². The normalized spacial score (nSPS) is 18.6. The van der Waals surface area contributed by atoms with Crippen molar-refractivity contribution in [1.82, 2.24) is 4.90 Å². The molecule has 1 atom stereocenters. The first-order chi connectivity index (χ1) is 10.9. The van der Waals surface area contributed by atoms with Crippen LogP contribution in [0.3, 0.4) is 0 Å². The van der Waals surface area contributed by atoms with E-state index in [2.05, 4.69) is 27.3 Å². The van der Waals surface area contributed by atoms with E-state index in [1.807, 2.05) is 4.90 Å². The van der Waals surface area contributed by atoms with Crippen molar-refractivity contribution in [2.75, 3.05) is 24.1 Å². The van der Waals surface area contributed by atoms with E-state index in [4.69, 9.17) is 4.74 Å². The summed E-state index contributed by atoms with van der Waals surface area (Å²) >= 11 is 2.05. The van der Waals surface area contributed by atoms with Gasteiger partial charge in [0.1, 0.15) is 11.5 Å². The van der Waals surface area contributed by atoms with Gasteiger partial charge in [0.25, 0.3) is 0 Å². The Hall–Kier alpha value is -1.19. The lowest BCUT2D eigenvalue weighted by molar-refractivity contribution is -0.274. The highest BCUT2D eigenvalue weighted by Gasteiger charge is 2.31. The molecule has 1 aromatic carbocycles. The lowest BCUT2D eigenvalue weighted by Crippen LogP contribution is -2.42. The Balaban J connectivity index is 1.82. The number of carbonyl (C=O) groups is 1. The summed E-state index contributed by atoms with van der Waals surface area (Å²) in [5.41, 5.74) is 0. The average Bonchev–Trinajstić information content (AvgIpc) is 2.52. The molecule has 1 saturated heterocycles. The Kier molecular flexibility index (Phi) is 6.37. The first-order valence-corrected chi connectivity index (χ1v) is 8.72. The molecule has 1 aliphatic heterocycles. The highest BCUT2D eigenvalue weighted by molar-refractivity contribution is 14.1. The van der Waals surface area contributed by atoms with Gasteiger partial charge in [0.15, 0.2) is 0 Å². The Morgan fingerprint density at radius 1 is 1.26 bits per heavy atom. The van der Waals surface area contributed by atoms with E-state index in [1.54, 1.807) is 0 Å². The van der Waals surface area contributed by atoms with Crippen LogP contribution in [0.4, 0.5) is 13.2 Å². The molecule has 8 heteroatoms. The van der Waals surface area contributed by atoms with Crippen LogP contribution in [-0.2, 0) is 4.79 Å². The third-order valence-corrected chi connectivity index (χ3v) is 4.18. The largest absolute Gasteiger partial charge is 0.573 e. The first kappa shape index (κ1) is 18.2. The van der Waals surface area contributed by atoms with Gasteiger partial charge < -0.3 is 14.4 Å². The topological polar surface area (TPSA) is 38.8 Å². The Morgan fingerprint density at radius 3 is 2.52 bits per heavy atom. The maximum absolute atomic E-state index is 12.1. The molecule has 0 aromatic heterocycles. The third-order valence-electron chi connectivity index (χ3n) is 3.53. The molecule has 128 valence electrons. The summed E-state index contributed by atoms with van der Waals surface area (Å²) in [4.78, 5) is 13.5. The Labute approximate surface area is 146 Å². The monoisotopic (exact) mass is 443 g/mol. The summed E-state index contributed by atoms with van der Waals surface area (Å²) in [6, 6.07) is 5.32. The molecule has 0 aliphatic carbocycles. The molecule has 1 amide bonds. The van der Waals surface area contributed by atoms with Crippen LogP contribution in [0, 0.1) is 5.92 Å². The van der Waals surface area contributed by atoms with Crippen LogP contribution in [0.5, 0.6) is 11.5 Å². The minimum absolute atomic E-state index is 0.129. The highest BCUT2D eigenvalue weighted by atomic mass is 127. The zero-order valence-electron chi connectivity index (χ0n) is 12.3. The maximum Gasteiger partial charge on any atom is 0.573 e. The van der Waals surface area contributed by atoms with Gasteiger partial charge in [0, 0.05) is 19.0 Å². The predicted molar refractivity (Wildman–Crippen MR) is 86.8 cm³/mol. The second-order valence-corrected chi connectivity index (χ2v) is 6.07. The number of benzene rings is 1. The molecule has 1 aromatic rings. The van der Waals surface area contributed by atoms with Crippen LogP contribution in [0.2, 0.25) is 0 Å². The number of rotatable bonds is 5. The summed E-state index contributed by atoms with van der Waals surface area (Å²) in [5.74, 6) is 0.573. The number of hydrogen-bond acceptors (Lipinski definition) is 3. The number of ether oxygens (including phenoxy) is 2. The molecule has 1 fully saturated rings. The fourth-order valence-corrected chi connectivity index (χ4v) is 2.95. The SMILES string of the molecule is O=C(CI)N1CCCC(COc2ccc(OC(F)(F)F)cc2)C1. The molecule has 4 nitrogen and oxygen atoms in total. The molecule has 1 unspecified atom stereocenters. The van der Waals surface area contributed by atoms with Crippen molar-refractivity contribution in [3.05, 3.63) is 24.3 Å². The van der Waals surface area contributed by atoms with E-state index in [-0.39, 0.29) is 17.6 Å². The number of amides is 1. The molecule has 0 spiro atoms. The van der Waals surface area contributed by atoms with Gasteiger partial charge in [-0.05, 0) is 37.1 Å².